The predicted octanol–water partition coefficient (Wildman–Crippen LogP) is 0.661. The van der Waals surface area contributed by atoms with Crippen molar-refractivity contribution in [3.8, 4) is 11.8 Å². The summed E-state index contributed by atoms with van der Waals surface area (Å²) < 4.78 is 0. The van der Waals surface area contributed by atoms with E-state index < -0.39 is 0 Å². The summed E-state index contributed by atoms with van der Waals surface area (Å²) in [6, 6.07) is 1.52. The van der Waals surface area contributed by atoms with Gasteiger partial charge in [0.2, 0.25) is 0 Å². The average Bonchev–Trinajstić information content (AvgIpc) is 2.03. The number of rotatable bonds is 0. The summed E-state index contributed by atoms with van der Waals surface area (Å²) in [6.45, 7) is -0.194. The third-order valence-electron chi connectivity index (χ3n) is 1.18. The minimum Gasteiger partial charge on any atom is -0.384 e. The van der Waals surface area contributed by atoms with Gasteiger partial charge in [-0.15, -0.1) is 0 Å². The summed E-state index contributed by atoms with van der Waals surface area (Å²) in [5.41, 5.74) is 5.93. The van der Waals surface area contributed by atoms with Crippen LogP contribution in [0.15, 0.2) is 12.3 Å². The van der Waals surface area contributed by atoms with Crippen molar-refractivity contribution < 1.29 is 5.11 Å². The first-order valence-electron chi connectivity index (χ1n) is 3.25. The van der Waals surface area contributed by atoms with Crippen LogP contribution in [0.25, 0.3) is 0 Å². The first-order chi connectivity index (χ1) is 5.74. The largest absolute Gasteiger partial charge is 0.384 e. The molecular weight excluding hydrogens is 176 g/mol. The first kappa shape index (κ1) is 8.85. The Morgan fingerprint density at radius 3 is 3.00 bits per heavy atom. The second-order valence-corrected chi connectivity index (χ2v) is 2.46. The van der Waals surface area contributed by atoms with E-state index in [9.17, 15) is 0 Å². The van der Waals surface area contributed by atoms with Crippen LogP contribution >= 0.6 is 11.6 Å². The molecule has 0 radical (unpaired) electrons. The third kappa shape index (κ3) is 2.12. The maximum Gasteiger partial charge on any atom is 0.124 e. The van der Waals surface area contributed by atoms with E-state index >= 15 is 0 Å². The molecule has 1 aromatic rings. The van der Waals surface area contributed by atoms with Gasteiger partial charge in [0.05, 0.1) is 10.6 Å². The molecule has 1 heterocycles. The molecular formula is C8H7ClN2O. The van der Waals surface area contributed by atoms with Crippen molar-refractivity contribution in [2.45, 2.75) is 0 Å². The molecule has 0 atom stereocenters. The average molecular weight is 183 g/mol. The topological polar surface area (TPSA) is 59.1 Å². The lowest BCUT2D eigenvalue weighted by Gasteiger charge is -1.95. The first-order valence-corrected chi connectivity index (χ1v) is 3.62. The van der Waals surface area contributed by atoms with Crippen LogP contribution in [0.1, 0.15) is 5.56 Å². The molecule has 62 valence electrons. The molecule has 1 rings (SSSR count). The molecule has 4 heteroatoms. The Morgan fingerprint density at radius 2 is 2.42 bits per heavy atom. The molecule has 0 aliphatic carbocycles. The lowest BCUT2D eigenvalue weighted by molar-refractivity contribution is 0.350. The molecule has 3 nitrogen and oxygen atoms in total. The lowest BCUT2D eigenvalue weighted by atomic mass is 10.3. The monoisotopic (exact) mass is 182 g/mol. The number of aliphatic hydroxyl groups excluding tert-OH is 1. The van der Waals surface area contributed by atoms with Gasteiger partial charge in [-0.05, 0) is 0 Å². The van der Waals surface area contributed by atoms with Gasteiger partial charge in [-0.1, -0.05) is 23.4 Å². The van der Waals surface area contributed by atoms with E-state index in [0.29, 0.717) is 16.4 Å². The second-order valence-electron chi connectivity index (χ2n) is 2.05. The molecule has 0 saturated heterocycles. The van der Waals surface area contributed by atoms with Gasteiger partial charge in [-0.25, -0.2) is 4.98 Å². The molecule has 0 aliphatic rings. The van der Waals surface area contributed by atoms with E-state index in [1.165, 1.54) is 12.3 Å². The van der Waals surface area contributed by atoms with Crippen LogP contribution < -0.4 is 5.73 Å². The summed E-state index contributed by atoms with van der Waals surface area (Å²) in [6.07, 6.45) is 1.47. The van der Waals surface area contributed by atoms with E-state index in [0.717, 1.165) is 0 Å². The highest BCUT2D eigenvalue weighted by atomic mass is 35.5. The highest BCUT2D eigenvalue weighted by Crippen LogP contribution is 2.15. The number of aromatic nitrogens is 1. The highest BCUT2D eigenvalue weighted by molar-refractivity contribution is 6.31. The van der Waals surface area contributed by atoms with E-state index in [4.69, 9.17) is 22.4 Å². The van der Waals surface area contributed by atoms with E-state index in [1.807, 2.05) is 0 Å². The Morgan fingerprint density at radius 1 is 1.67 bits per heavy atom. The molecule has 0 unspecified atom stereocenters. The zero-order valence-corrected chi connectivity index (χ0v) is 6.97. The van der Waals surface area contributed by atoms with Crippen molar-refractivity contribution in [1.29, 1.82) is 0 Å². The number of anilines is 1. The van der Waals surface area contributed by atoms with Crippen LogP contribution in [-0.2, 0) is 0 Å². The Labute approximate surface area is 75.2 Å². The van der Waals surface area contributed by atoms with Gasteiger partial charge < -0.3 is 10.8 Å². The zero-order chi connectivity index (χ0) is 8.97. The molecule has 12 heavy (non-hydrogen) atoms. The molecule has 0 aliphatic heterocycles. The lowest BCUT2D eigenvalue weighted by Crippen LogP contribution is -1.90. The van der Waals surface area contributed by atoms with E-state index in [1.54, 1.807) is 0 Å². The zero-order valence-electron chi connectivity index (χ0n) is 6.21. The molecule has 3 N–H and O–H groups in total. The van der Waals surface area contributed by atoms with Crippen LogP contribution in [0.3, 0.4) is 0 Å². The van der Waals surface area contributed by atoms with Crippen LogP contribution in [0.5, 0.6) is 0 Å². The van der Waals surface area contributed by atoms with Gasteiger partial charge in [-0.2, -0.15) is 0 Å². The maximum absolute atomic E-state index is 8.41. The van der Waals surface area contributed by atoms with Gasteiger partial charge in [-0.3, -0.25) is 0 Å². The number of pyridine rings is 1. The molecule has 0 fully saturated rings. The fourth-order valence-electron chi connectivity index (χ4n) is 0.672. The SMILES string of the molecule is Nc1cc(Cl)c(C#CCO)cn1. The van der Waals surface area contributed by atoms with Crippen molar-refractivity contribution in [3.05, 3.63) is 22.8 Å². The fraction of sp³-hybridized carbons (Fsp3) is 0.125. The highest BCUT2D eigenvalue weighted by Gasteiger charge is 1.96. The summed E-state index contributed by atoms with van der Waals surface area (Å²) in [5, 5.41) is 8.86. The Hall–Kier alpha value is -1.24. The molecule has 0 aromatic carbocycles. The second kappa shape index (κ2) is 3.96. The predicted molar refractivity (Wildman–Crippen MR) is 47.6 cm³/mol. The Kier molecular flexibility index (Phi) is 2.92. The van der Waals surface area contributed by atoms with Gasteiger partial charge in [0.15, 0.2) is 0 Å². The van der Waals surface area contributed by atoms with Crippen molar-refractivity contribution in [2.75, 3.05) is 12.3 Å². The Balaban J connectivity index is 3.01. The minimum atomic E-state index is -0.194. The van der Waals surface area contributed by atoms with Gasteiger partial charge in [0.25, 0.3) is 0 Å². The molecule has 0 spiro atoms. The number of aliphatic hydroxyl groups is 1. The van der Waals surface area contributed by atoms with Gasteiger partial charge in [0.1, 0.15) is 12.4 Å². The van der Waals surface area contributed by atoms with Gasteiger partial charge in [0, 0.05) is 12.3 Å². The van der Waals surface area contributed by atoms with Crippen LogP contribution in [-0.4, -0.2) is 16.7 Å². The molecule has 1 aromatic heterocycles. The van der Waals surface area contributed by atoms with Crippen molar-refractivity contribution >= 4 is 17.4 Å². The van der Waals surface area contributed by atoms with Crippen LogP contribution in [0.2, 0.25) is 5.02 Å². The van der Waals surface area contributed by atoms with Crippen LogP contribution in [0.4, 0.5) is 5.82 Å². The molecule has 0 amide bonds. The van der Waals surface area contributed by atoms with Crippen LogP contribution in [0, 0.1) is 11.8 Å². The minimum absolute atomic E-state index is 0.194. The Bertz CT molecular complexity index is 341. The molecule has 0 saturated carbocycles. The maximum atomic E-state index is 8.41. The fourth-order valence-corrected chi connectivity index (χ4v) is 0.880. The number of halogens is 1. The summed E-state index contributed by atoms with van der Waals surface area (Å²) in [4.78, 5) is 3.80. The standard InChI is InChI=1S/C8H7ClN2O/c9-7-4-8(10)11-5-6(7)2-1-3-12/h4-5,12H,3H2,(H2,10,11). The van der Waals surface area contributed by atoms with Crippen molar-refractivity contribution in [1.82, 2.24) is 4.98 Å². The number of hydrogen-bond acceptors (Lipinski definition) is 3. The van der Waals surface area contributed by atoms with Crippen molar-refractivity contribution in [2.24, 2.45) is 0 Å². The number of nitrogens with zero attached hydrogens (tertiary/aromatic N) is 1. The number of nitrogen functional groups attached to an aromatic ring is 1. The quantitative estimate of drug-likeness (QED) is 0.580. The van der Waals surface area contributed by atoms with E-state index in [2.05, 4.69) is 16.8 Å². The van der Waals surface area contributed by atoms with Gasteiger partial charge >= 0.3 is 0 Å². The summed E-state index contributed by atoms with van der Waals surface area (Å²) >= 11 is 5.76. The smallest absolute Gasteiger partial charge is 0.124 e. The van der Waals surface area contributed by atoms with E-state index in [-0.39, 0.29) is 6.61 Å². The number of hydrogen-bond donors (Lipinski definition) is 2. The van der Waals surface area contributed by atoms with Crippen molar-refractivity contribution in [3.63, 3.8) is 0 Å². The number of nitrogens with two attached hydrogens (primary N) is 1. The summed E-state index contributed by atoms with van der Waals surface area (Å²) in [5.74, 6) is 5.46. The summed E-state index contributed by atoms with van der Waals surface area (Å²) in [7, 11) is 0. The molecule has 0 bridgehead atoms. The normalized spacial score (nSPS) is 8.83. The third-order valence-corrected chi connectivity index (χ3v) is 1.49.